The lowest BCUT2D eigenvalue weighted by atomic mass is 9.71. The Labute approximate surface area is 187 Å². The van der Waals surface area contributed by atoms with Gasteiger partial charge in [0.2, 0.25) is 5.91 Å². The van der Waals surface area contributed by atoms with E-state index in [-0.39, 0.29) is 36.0 Å². The predicted molar refractivity (Wildman–Crippen MR) is 120 cm³/mol. The Balaban J connectivity index is 1.40. The Morgan fingerprint density at radius 1 is 1.10 bits per heavy atom. The van der Waals surface area contributed by atoms with Gasteiger partial charge in [-0.1, -0.05) is 12.8 Å². The molecule has 0 N–H and O–H groups in total. The van der Waals surface area contributed by atoms with Crippen LogP contribution >= 0.6 is 11.3 Å². The number of rotatable bonds is 4. The zero-order valence-electron chi connectivity index (χ0n) is 18.2. The molecule has 1 unspecified atom stereocenters. The van der Waals surface area contributed by atoms with E-state index in [1.165, 1.54) is 35.3 Å². The van der Waals surface area contributed by atoms with E-state index in [0.29, 0.717) is 13.2 Å². The Hall–Kier alpha value is -2.34. The van der Waals surface area contributed by atoms with Crippen LogP contribution in [0.4, 0.5) is 0 Å². The molecule has 2 aliphatic heterocycles. The van der Waals surface area contributed by atoms with E-state index in [2.05, 4.69) is 19.1 Å². The van der Waals surface area contributed by atoms with Crippen LogP contribution in [0.2, 0.25) is 0 Å². The molecule has 0 saturated heterocycles. The molecule has 0 bridgehead atoms. The zero-order chi connectivity index (χ0) is 21.6. The standard InChI is InChI=1S/C25H29NO4S/c1-16-5-7-23(31-16)20(27)6-8-24(28)26-15-25(9-3-4-10-25)19-14-22-21(29-11-12-30-22)13-18(19)17(26)2/h5,7,13-14,17H,3-4,6,8-12,15H2,1-2H3. The topological polar surface area (TPSA) is 55.8 Å². The number of hydrogen-bond acceptors (Lipinski definition) is 5. The van der Waals surface area contributed by atoms with Crippen molar-refractivity contribution in [3.8, 4) is 11.5 Å². The maximum Gasteiger partial charge on any atom is 0.223 e. The molecule has 5 rings (SSSR count). The summed E-state index contributed by atoms with van der Waals surface area (Å²) in [5.41, 5.74) is 2.49. The Morgan fingerprint density at radius 3 is 2.48 bits per heavy atom. The molecule has 3 aliphatic rings. The molecule has 1 fully saturated rings. The van der Waals surface area contributed by atoms with Gasteiger partial charge in [0.05, 0.1) is 10.9 Å². The van der Waals surface area contributed by atoms with Crippen molar-refractivity contribution in [3.63, 3.8) is 0 Å². The second-order valence-electron chi connectivity index (χ2n) is 9.10. The fraction of sp³-hybridized carbons (Fsp3) is 0.520. The lowest BCUT2D eigenvalue weighted by molar-refractivity contribution is -0.135. The van der Waals surface area contributed by atoms with Gasteiger partial charge in [-0.3, -0.25) is 9.59 Å². The highest BCUT2D eigenvalue weighted by molar-refractivity contribution is 7.14. The summed E-state index contributed by atoms with van der Waals surface area (Å²) < 4.78 is 11.7. The van der Waals surface area contributed by atoms with E-state index < -0.39 is 0 Å². The number of ether oxygens (including phenoxy) is 2. The smallest absolute Gasteiger partial charge is 0.223 e. The highest BCUT2D eigenvalue weighted by Gasteiger charge is 2.46. The van der Waals surface area contributed by atoms with Gasteiger partial charge < -0.3 is 14.4 Å². The lowest BCUT2D eigenvalue weighted by Crippen LogP contribution is -2.48. The fourth-order valence-corrected chi connectivity index (χ4v) is 6.32. The van der Waals surface area contributed by atoms with Gasteiger partial charge in [0, 0.05) is 29.7 Å². The molecule has 164 valence electrons. The largest absolute Gasteiger partial charge is 0.486 e. The molecular weight excluding hydrogens is 410 g/mol. The second kappa shape index (κ2) is 7.97. The van der Waals surface area contributed by atoms with Gasteiger partial charge in [-0.25, -0.2) is 0 Å². The number of carbonyl (C=O) groups excluding carboxylic acids is 2. The minimum absolute atomic E-state index is 0.0117. The molecule has 1 aromatic heterocycles. The summed E-state index contributed by atoms with van der Waals surface area (Å²) in [5.74, 6) is 1.75. The first-order valence-electron chi connectivity index (χ1n) is 11.3. The van der Waals surface area contributed by atoms with Crippen LogP contribution in [-0.2, 0) is 10.2 Å². The first-order chi connectivity index (χ1) is 15.0. The third-order valence-corrected chi connectivity index (χ3v) is 8.18. The van der Waals surface area contributed by atoms with Gasteiger partial charge in [-0.05, 0) is 62.1 Å². The van der Waals surface area contributed by atoms with Crippen LogP contribution in [0.15, 0.2) is 24.3 Å². The molecule has 1 saturated carbocycles. The molecule has 6 heteroatoms. The number of Topliss-reactive ketones (excluding diaryl/α,β-unsaturated/α-hetero) is 1. The van der Waals surface area contributed by atoms with E-state index in [1.807, 2.05) is 24.0 Å². The molecule has 1 amide bonds. The summed E-state index contributed by atoms with van der Waals surface area (Å²) >= 11 is 1.50. The van der Waals surface area contributed by atoms with Crippen LogP contribution in [0.5, 0.6) is 11.5 Å². The predicted octanol–water partition coefficient (Wildman–Crippen LogP) is 5.21. The normalized spacial score (nSPS) is 21.2. The lowest BCUT2D eigenvalue weighted by Gasteiger charge is -2.46. The van der Waals surface area contributed by atoms with Crippen LogP contribution in [-0.4, -0.2) is 36.3 Å². The molecule has 2 aromatic rings. The molecule has 1 aromatic carbocycles. The van der Waals surface area contributed by atoms with E-state index in [0.717, 1.165) is 40.6 Å². The SMILES string of the molecule is Cc1ccc(C(=O)CCC(=O)N2CC3(CCCC3)c3cc4c(cc3C2C)OCCO4)s1. The monoisotopic (exact) mass is 439 g/mol. The molecule has 1 spiro atoms. The molecule has 0 radical (unpaired) electrons. The van der Waals surface area contributed by atoms with Gasteiger partial charge in [-0.2, -0.15) is 0 Å². The highest BCUT2D eigenvalue weighted by atomic mass is 32.1. The van der Waals surface area contributed by atoms with Crippen LogP contribution in [0.25, 0.3) is 0 Å². The molecule has 5 nitrogen and oxygen atoms in total. The first-order valence-corrected chi connectivity index (χ1v) is 12.1. The van der Waals surface area contributed by atoms with E-state index in [1.54, 1.807) is 0 Å². The highest BCUT2D eigenvalue weighted by Crippen LogP contribution is 2.52. The number of amides is 1. The molecule has 31 heavy (non-hydrogen) atoms. The van der Waals surface area contributed by atoms with Gasteiger partial charge in [0.1, 0.15) is 13.2 Å². The number of carbonyl (C=O) groups is 2. The minimum atomic E-state index is -0.0383. The van der Waals surface area contributed by atoms with Crippen molar-refractivity contribution in [2.24, 2.45) is 0 Å². The summed E-state index contributed by atoms with van der Waals surface area (Å²) in [7, 11) is 0. The van der Waals surface area contributed by atoms with E-state index in [9.17, 15) is 9.59 Å². The molecule has 1 atom stereocenters. The Bertz CT molecular complexity index is 1020. The zero-order valence-corrected chi connectivity index (χ0v) is 19.1. The number of benzene rings is 1. The number of ketones is 1. The molecule has 3 heterocycles. The summed E-state index contributed by atoms with van der Waals surface area (Å²) in [5, 5.41) is 0. The molecule has 1 aliphatic carbocycles. The Kier molecular flexibility index (Phi) is 5.29. The van der Waals surface area contributed by atoms with Crippen LogP contribution in [0.1, 0.15) is 77.2 Å². The third kappa shape index (κ3) is 3.65. The Morgan fingerprint density at radius 2 is 1.81 bits per heavy atom. The summed E-state index contributed by atoms with van der Waals surface area (Å²) in [6, 6.07) is 8.05. The van der Waals surface area contributed by atoms with Crippen molar-refractivity contribution in [2.45, 2.75) is 63.8 Å². The number of fused-ring (bicyclic) bond motifs is 3. The third-order valence-electron chi connectivity index (χ3n) is 7.14. The fourth-order valence-electron chi connectivity index (χ4n) is 5.48. The van der Waals surface area contributed by atoms with E-state index >= 15 is 0 Å². The maximum atomic E-state index is 13.3. The van der Waals surface area contributed by atoms with Crippen molar-refractivity contribution >= 4 is 23.0 Å². The number of thiophene rings is 1. The number of aryl methyl sites for hydroxylation is 1. The van der Waals surface area contributed by atoms with Crippen molar-refractivity contribution in [2.75, 3.05) is 19.8 Å². The van der Waals surface area contributed by atoms with Crippen LogP contribution in [0, 0.1) is 6.92 Å². The first kappa shape index (κ1) is 20.6. The van der Waals surface area contributed by atoms with Crippen LogP contribution in [0.3, 0.4) is 0 Å². The summed E-state index contributed by atoms with van der Waals surface area (Å²) in [6.07, 6.45) is 5.06. The quantitative estimate of drug-likeness (QED) is 0.614. The van der Waals surface area contributed by atoms with Crippen molar-refractivity contribution in [1.29, 1.82) is 0 Å². The van der Waals surface area contributed by atoms with Crippen molar-refractivity contribution in [3.05, 3.63) is 45.1 Å². The maximum absolute atomic E-state index is 13.3. The average molecular weight is 440 g/mol. The minimum Gasteiger partial charge on any atom is -0.486 e. The molecular formula is C25H29NO4S. The van der Waals surface area contributed by atoms with Gasteiger partial charge in [-0.15, -0.1) is 11.3 Å². The van der Waals surface area contributed by atoms with Crippen LogP contribution < -0.4 is 9.47 Å². The number of nitrogens with zero attached hydrogens (tertiary/aromatic N) is 1. The van der Waals surface area contributed by atoms with Crippen molar-refractivity contribution < 1.29 is 19.1 Å². The second-order valence-corrected chi connectivity index (χ2v) is 10.4. The van der Waals surface area contributed by atoms with Gasteiger partial charge >= 0.3 is 0 Å². The average Bonchev–Trinajstić information content (AvgIpc) is 3.43. The van der Waals surface area contributed by atoms with E-state index in [4.69, 9.17) is 9.47 Å². The number of hydrogen-bond donors (Lipinski definition) is 0. The summed E-state index contributed by atoms with van der Waals surface area (Å²) in [6.45, 7) is 5.95. The van der Waals surface area contributed by atoms with Gasteiger partial charge in [0.25, 0.3) is 0 Å². The van der Waals surface area contributed by atoms with Gasteiger partial charge in [0.15, 0.2) is 17.3 Å². The summed E-state index contributed by atoms with van der Waals surface area (Å²) in [4.78, 5) is 29.7. The van der Waals surface area contributed by atoms with Crippen molar-refractivity contribution in [1.82, 2.24) is 4.90 Å².